The molecule has 164 valence electrons. The SMILES string of the molecule is COc1nc2c(F)c(N3CCOCC3)ccc2n1C(=O)NCCCCc1ccccc1. The lowest BCUT2D eigenvalue weighted by molar-refractivity contribution is 0.122. The van der Waals surface area contributed by atoms with Gasteiger partial charge in [-0.15, -0.1) is 0 Å². The molecule has 2 heterocycles. The summed E-state index contributed by atoms with van der Waals surface area (Å²) in [6.45, 7) is 2.86. The molecule has 1 fully saturated rings. The second-order valence-electron chi connectivity index (χ2n) is 7.47. The van der Waals surface area contributed by atoms with Gasteiger partial charge in [0.15, 0.2) is 5.82 Å². The summed E-state index contributed by atoms with van der Waals surface area (Å²) in [5, 5.41) is 2.89. The van der Waals surface area contributed by atoms with E-state index in [9.17, 15) is 4.79 Å². The second kappa shape index (κ2) is 9.78. The van der Waals surface area contributed by atoms with Crippen molar-refractivity contribution < 1.29 is 18.7 Å². The molecule has 8 heteroatoms. The fourth-order valence-corrected chi connectivity index (χ4v) is 3.83. The number of nitrogens with one attached hydrogen (secondary N) is 1. The molecular weight excluding hydrogens is 399 g/mol. The van der Waals surface area contributed by atoms with Crippen molar-refractivity contribution in [2.24, 2.45) is 0 Å². The van der Waals surface area contributed by atoms with E-state index in [-0.39, 0.29) is 17.6 Å². The number of fused-ring (bicyclic) bond motifs is 1. The summed E-state index contributed by atoms with van der Waals surface area (Å²) in [7, 11) is 1.42. The smallest absolute Gasteiger partial charge is 0.330 e. The van der Waals surface area contributed by atoms with E-state index in [1.165, 1.54) is 17.2 Å². The Bertz CT molecular complexity index is 1030. The number of carbonyl (C=O) groups excluding carboxylic acids is 1. The highest BCUT2D eigenvalue weighted by Gasteiger charge is 2.24. The van der Waals surface area contributed by atoms with Crippen molar-refractivity contribution >= 4 is 22.8 Å². The van der Waals surface area contributed by atoms with Gasteiger partial charge in [-0.25, -0.2) is 13.8 Å². The molecule has 0 atom stereocenters. The molecule has 0 saturated carbocycles. The fraction of sp³-hybridized carbons (Fsp3) is 0.391. The van der Waals surface area contributed by atoms with Crippen LogP contribution < -0.4 is 15.0 Å². The second-order valence-corrected chi connectivity index (χ2v) is 7.47. The number of amides is 1. The van der Waals surface area contributed by atoms with Crippen LogP contribution in [0.4, 0.5) is 14.9 Å². The molecule has 1 N–H and O–H groups in total. The van der Waals surface area contributed by atoms with Crippen LogP contribution in [0.3, 0.4) is 0 Å². The number of hydrogen-bond donors (Lipinski definition) is 1. The van der Waals surface area contributed by atoms with Crippen LogP contribution in [0.2, 0.25) is 0 Å². The van der Waals surface area contributed by atoms with Crippen LogP contribution in [0.1, 0.15) is 18.4 Å². The third-order valence-corrected chi connectivity index (χ3v) is 5.46. The average Bonchev–Trinajstić information content (AvgIpc) is 3.20. The number of hydrogen-bond acceptors (Lipinski definition) is 5. The Morgan fingerprint density at radius 3 is 2.68 bits per heavy atom. The van der Waals surface area contributed by atoms with Gasteiger partial charge in [-0.2, -0.15) is 4.98 Å². The molecule has 1 aliphatic heterocycles. The first-order chi connectivity index (χ1) is 15.2. The van der Waals surface area contributed by atoms with Crippen LogP contribution in [0.15, 0.2) is 42.5 Å². The number of imidazole rings is 1. The summed E-state index contributed by atoms with van der Waals surface area (Å²) in [6.07, 6.45) is 2.76. The topological polar surface area (TPSA) is 68.6 Å². The minimum absolute atomic E-state index is 0.0646. The lowest BCUT2D eigenvalue weighted by atomic mass is 10.1. The van der Waals surface area contributed by atoms with E-state index in [0.717, 1.165) is 19.3 Å². The normalized spacial score (nSPS) is 14.1. The largest absolute Gasteiger partial charge is 0.468 e. The van der Waals surface area contributed by atoms with Crippen LogP contribution in [0, 0.1) is 5.82 Å². The number of methoxy groups -OCH3 is 1. The van der Waals surface area contributed by atoms with E-state index in [4.69, 9.17) is 9.47 Å². The number of aromatic nitrogens is 2. The molecule has 1 aromatic heterocycles. The first-order valence-electron chi connectivity index (χ1n) is 10.6. The number of nitrogens with zero attached hydrogens (tertiary/aromatic N) is 3. The summed E-state index contributed by atoms with van der Waals surface area (Å²) in [5.41, 5.74) is 2.25. The maximum Gasteiger partial charge on any atom is 0.330 e. The number of ether oxygens (including phenoxy) is 2. The number of unbranched alkanes of at least 4 members (excludes halogenated alkanes) is 1. The number of anilines is 1. The minimum Gasteiger partial charge on any atom is -0.468 e. The maximum absolute atomic E-state index is 15.2. The Hall–Kier alpha value is -3.13. The third kappa shape index (κ3) is 4.64. The van der Waals surface area contributed by atoms with E-state index in [2.05, 4.69) is 22.4 Å². The number of halogens is 1. The minimum atomic E-state index is -0.452. The van der Waals surface area contributed by atoms with Crippen molar-refractivity contribution in [3.63, 3.8) is 0 Å². The first-order valence-corrected chi connectivity index (χ1v) is 10.6. The van der Waals surface area contributed by atoms with E-state index in [1.54, 1.807) is 12.1 Å². The van der Waals surface area contributed by atoms with Gasteiger partial charge in [0.1, 0.15) is 5.52 Å². The van der Waals surface area contributed by atoms with Crippen LogP contribution >= 0.6 is 0 Å². The highest BCUT2D eigenvalue weighted by Crippen LogP contribution is 2.30. The average molecular weight is 426 g/mol. The molecule has 4 rings (SSSR count). The van der Waals surface area contributed by atoms with E-state index >= 15 is 4.39 Å². The summed E-state index contributed by atoms with van der Waals surface area (Å²) < 4.78 is 27.1. The molecule has 7 nitrogen and oxygen atoms in total. The number of benzene rings is 2. The number of rotatable bonds is 7. The van der Waals surface area contributed by atoms with Crippen molar-refractivity contribution in [1.29, 1.82) is 0 Å². The fourth-order valence-electron chi connectivity index (χ4n) is 3.83. The van der Waals surface area contributed by atoms with Crippen molar-refractivity contribution in [1.82, 2.24) is 14.9 Å². The Labute approximate surface area is 180 Å². The van der Waals surface area contributed by atoms with Crippen molar-refractivity contribution in [2.45, 2.75) is 19.3 Å². The third-order valence-electron chi connectivity index (χ3n) is 5.46. The molecular formula is C23H27FN4O3. The molecule has 0 bridgehead atoms. The summed E-state index contributed by atoms with van der Waals surface area (Å²) in [5.74, 6) is -0.452. The summed E-state index contributed by atoms with van der Waals surface area (Å²) >= 11 is 0. The van der Waals surface area contributed by atoms with Gasteiger partial charge < -0.3 is 19.7 Å². The van der Waals surface area contributed by atoms with Crippen molar-refractivity contribution in [2.75, 3.05) is 44.9 Å². The number of carbonyl (C=O) groups is 1. The van der Waals surface area contributed by atoms with Gasteiger partial charge >= 0.3 is 12.0 Å². The Morgan fingerprint density at radius 2 is 1.94 bits per heavy atom. The molecule has 1 saturated heterocycles. The van der Waals surface area contributed by atoms with Crippen LogP contribution in [-0.2, 0) is 11.2 Å². The van der Waals surface area contributed by atoms with Crippen LogP contribution in [0.25, 0.3) is 11.0 Å². The van der Waals surface area contributed by atoms with Crippen molar-refractivity contribution in [3.8, 4) is 6.01 Å². The van der Waals surface area contributed by atoms with Gasteiger partial charge in [0, 0.05) is 19.6 Å². The lowest BCUT2D eigenvalue weighted by Gasteiger charge is -2.29. The molecule has 1 aliphatic rings. The van der Waals surface area contributed by atoms with Gasteiger partial charge in [-0.05, 0) is 37.0 Å². The molecule has 31 heavy (non-hydrogen) atoms. The van der Waals surface area contributed by atoms with Crippen molar-refractivity contribution in [3.05, 3.63) is 53.8 Å². The summed E-state index contributed by atoms with van der Waals surface area (Å²) in [6, 6.07) is 13.3. The van der Waals surface area contributed by atoms with Crippen LogP contribution in [0.5, 0.6) is 6.01 Å². The molecule has 0 radical (unpaired) electrons. The van der Waals surface area contributed by atoms with Gasteiger partial charge in [-0.1, -0.05) is 30.3 Å². The van der Waals surface area contributed by atoms with Crippen LogP contribution in [-0.4, -0.2) is 55.5 Å². The van der Waals surface area contributed by atoms with E-state index in [1.807, 2.05) is 23.1 Å². The molecule has 0 unspecified atom stereocenters. The Morgan fingerprint density at radius 1 is 1.16 bits per heavy atom. The predicted molar refractivity (Wildman–Crippen MR) is 117 cm³/mol. The molecule has 3 aromatic rings. The van der Waals surface area contributed by atoms with E-state index in [0.29, 0.717) is 44.1 Å². The zero-order valence-corrected chi connectivity index (χ0v) is 17.6. The standard InChI is InChI=1S/C23H27FN4O3/c1-30-23-26-21-19(11-10-18(20(21)24)27-13-15-31-16-14-27)28(23)22(29)25-12-6-5-9-17-7-3-2-4-8-17/h2-4,7-8,10-11H,5-6,9,12-16H2,1H3,(H,25,29). The predicted octanol–water partition coefficient (Wildman–Crippen LogP) is 3.60. The highest BCUT2D eigenvalue weighted by molar-refractivity contribution is 5.92. The monoisotopic (exact) mass is 426 g/mol. The molecule has 0 aliphatic carbocycles. The maximum atomic E-state index is 15.2. The first kappa shape index (κ1) is 21.1. The lowest BCUT2D eigenvalue weighted by Crippen LogP contribution is -2.36. The molecule has 2 aromatic carbocycles. The quantitative estimate of drug-likeness (QED) is 0.585. The highest BCUT2D eigenvalue weighted by atomic mass is 19.1. The number of morpholine rings is 1. The van der Waals surface area contributed by atoms with Gasteiger partial charge in [0.05, 0.1) is 31.5 Å². The number of aryl methyl sites for hydroxylation is 1. The van der Waals surface area contributed by atoms with Gasteiger partial charge in [0.25, 0.3) is 0 Å². The zero-order chi connectivity index (χ0) is 21.6. The Balaban J connectivity index is 1.44. The summed E-state index contributed by atoms with van der Waals surface area (Å²) in [4.78, 5) is 19.0. The van der Waals surface area contributed by atoms with E-state index < -0.39 is 5.82 Å². The van der Waals surface area contributed by atoms with Gasteiger partial charge in [0.2, 0.25) is 0 Å². The molecule has 1 amide bonds. The zero-order valence-electron chi connectivity index (χ0n) is 17.6. The molecule has 0 spiro atoms. The Kier molecular flexibility index (Phi) is 6.66. The van der Waals surface area contributed by atoms with Gasteiger partial charge in [-0.3, -0.25) is 0 Å².